The van der Waals surface area contributed by atoms with Gasteiger partial charge < -0.3 is 20.1 Å². The summed E-state index contributed by atoms with van der Waals surface area (Å²) in [5, 5.41) is 5.52. The molecule has 1 atom stereocenters. The molecule has 0 aliphatic rings. The van der Waals surface area contributed by atoms with Crippen molar-refractivity contribution in [2.75, 3.05) is 19.8 Å². The van der Waals surface area contributed by atoms with Crippen LogP contribution in [0, 0.1) is 13.8 Å². The maximum atomic E-state index is 12.0. The lowest BCUT2D eigenvalue weighted by molar-refractivity contribution is -0.125. The van der Waals surface area contributed by atoms with Crippen molar-refractivity contribution < 1.29 is 19.1 Å². The molecule has 0 aliphatic carbocycles. The highest BCUT2D eigenvalue weighted by molar-refractivity contribution is 9.10. The third kappa shape index (κ3) is 8.06. The molecule has 156 valence electrons. The molecule has 0 radical (unpaired) electrons. The van der Waals surface area contributed by atoms with E-state index < -0.39 is 0 Å². The predicted molar refractivity (Wildman–Crippen MR) is 119 cm³/mol. The van der Waals surface area contributed by atoms with Gasteiger partial charge in [-0.1, -0.05) is 12.1 Å². The van der Waals surface area contributed by atoms with Crippen LogP contribution in [0.15, 0.2) is 45.3 Å². The van der Waals surface area contributed by atoms with Crippen LogP contribution in [0.2, 0.25) is 0 Å². The lowest BCUT2D eigenvalue weighted by atomic mass is 10.2. The van der Waals surface area contributed by atoms with Crippen molar-refractivity contribution in [2.45, 2.75) is 26.8 Å². The molecule has 0 spiro atoms. The highest BCUT2D eigenvalue weighted by Gasteiger charge is 2.11. The molecule has 2 N–H and O–H groups in total. The molecular formula is C21H24Br2N2O4. The van der Waals surface area contributed by atoms with Crippen molar-refractivity contribution in [3.05, 3.63) is 56.5 Å². The number of carbonyl (C=O) groups excluding carboxylic acids is 2. The average molecular weight is 528 g/mol. The van der Waals surface area contributed by atoms with E-state index in [0.29, 0.717) is 11.5 Å². The molecule has 0 aliphatic heterocycles. The Hall–Kier alpha value is -2.06. The summed E-state index contributed by atoms with van der Waals surface area (Å²) in [6, 6.07) is 11.0. The second kappa shape index (κ2) is 11.2. The number of aryl methyl sites for hydroxylation is 2. The molecule has 2 amide bonds. The highest BCUT2D eigenvalue weighted by Crippen LogP contribution is 2.26. The summed E-state index contributed by atoms with van der Waals surface area (Å²) in [6.45, 7) is 5.83. The zero-order valence-corrected chi connectivity index (χ0v) is 19.7. The minimum Gasteiger partial charge on any atom is -0.483 e. The van der Waals surface area contributed by atoms with Gasteiger partial charge in [-0.15, -0.1) is 0 Å². The number of halogens is 2. The maximum absolute atomic E-state index is 12.0. The summed E-state index contributed by atoms with van der Waals surface area (Å²) in [5.74, 6) is 0.676. The summed E-state index contributed by atoms with van der Waals surface area (Å²) < 4.78 is 12.6. The first kappa shape index (κ1) is 23.2. The molecule has 0 saturated heterocycles. The van der Waals surface area contributed by atoms with Gasteiger partial charge in [0.2, 0.25) is 0 Å². The summed E-state index contributed by atoms with van der Waals surface area (Å²) in [4.78, 5) is 24.0. The number of hydrogen-bond acceptors (Lipinski definition) is 4. The first-order chi connectivity index (χ1) is 13.7. The zero-order chi connectivity index (χ0) is 21.4. The molecule has 0 saturated carbocycles. The Morgan fingerprint density at radius 3 is 1.86 bits per heavy atom. The van der Waals surface area contributed by atoms with E-state index >= 15 is 0 Å². The van der Waals surface area contributed by atoms with E-state index in [1.807, 2.05) is 50.2 Å². The summed E-state index contributed by atoms with van der Waals surface area (Å²) in [6.07, 6.45) is 0. The monoisotopic (exact) mass is 526 g/mol. The number of nitrogens with one attached hydrogen (secondary N) is 2. The molecule has 2 aromatic rings. The topological polar surface area (TPSA) is 76.7 Å². The van der Waals surface area contributed by atoms with Gasteiger partial charge in [-0.05, 0) is 88.0 Å². The number of ether oxygens (including phenoxy) is 2. The molecule has 0 bridgehead atoms. The van der Waals surface area contributed by atoms with Crippen LogP contribution in [0.3, 0.4) is 0 Å². The molecule has 0 fully saturated rings. The summed E-state index contributed by atoms with van der Waals surface area (Å²) in [7, 11) is 0. The van der Waals surface area contributed by atoms with Crippen LogP contribution < -0.4 is 20.1 Å². The fourth-order valence-electron chi connectivity index (χ4n) is 2.42. The van der Waals surface area contributed by atoms with Gasteiger partial charge in [0.15, 0.2) is 13.2 Å². The molecule has 6 nitrogen and oxygen atoms in total. The zero-order valence-electron chi connectivity index (χ0n) is 16.6. The maximum Gasteiger partial charge on any atom is 0.258 e. The lowest BCUT2D eigenvalue weighted by Gasteiger charge is -2.16. The first-order valence-electron chi connectivity index (χ1n) is 9.08. The Bertz CT molecular complexity index is 874. The number of hydrogen-bond donors (Lipinski definition) is 2. The SMILES string of the molecule is Cc1ccc(OCC(=O)NCC(C)NC(=O)COc2ccc(C)cc2Br)c(Br)c1. The molecule has 0 aromatic heterocycles. The Morgan fingerprint density at radius 2 is 1.38 bits per heavy atom. The quantitative estimate of drug-likeness (QED) is 0.518. The fraction of sp³-hybridized carbons (Fsp3) is 0.333. The number of rotatable bonds is 9. The Balaban J connectivity index is 1.68. The van der Waals surface area contributed by atoms with E-state index in [0.717, 1.165) is 20.1 Å². The molecule has 1 unspecified atom stereocenters. The van der Waals surface area contributed by atoms with E-state index in [9.17, 15) is 9.59 Å². The van der Waals surface area contributed by atoms with E-state index in [2.05, 4.69) is 42.5 Å². The summed E-state index contributed by atoms with van der Waals surface area (Å²) >= 11 is 6.82. The predicted octanol–water partition coefficient (Wildman–Crippen LogP) is 3.91. The van der Waals surface area contributed by atoms with E-state index in [1.54, 1.807) is 6.92 Å². The van der Waals surface area contributed by atoms with Gasteiger partial charge in [0.05, 0.1) is 8.95 Å². The molecule has 0 heterocycles. The lowest BCUT2D eigenvalue weighted by Crippen LogP contribution is -2.44. The van der Waals surface area contributed by atoms with Crippen LogP contribution in [0.1, 0.15) is 18.1 Å². The minimum absolute atomic E-state index is 0.104. The standard InChI is InChI=1S/C21H24Br2N2O4/c1-13-4-6-18(16(22)8-13)28-11-20(26)24-10-15(3)25-21(27)12-29-19-7-5-14(2)9-17(19)23/h4-9,15H,10-12H2,1-3H3,(H,24,26)(H,25,27). The van der Waals surface area contributed by atoms with E-state index in [1.165, 1.54) is 0 Å². The largest absolute Gasteiger partial charge is 0.483 e. The van der Waals surface area contributed by atoms with E-state index in [4.69, 9.17) is 9.47 Å². The number of benzene rings is 2. The van der Waals surface area contributed by atoms with Crippen LogP contribution in [-0.2, 0) is 9.59 Å². The van der Waals surface area contributed by atoms with Gasteiger partial charge in [-0.2, -0.15) is 0 Å². The second-order valence-electron chi connectivity index (χ2n) is 6.72. The van der Waals surface area contributed by atoms with Gasteiger partial charge in [0.1, 0.15) is 11.5 Å². The molecule has 2 rings (SSSR count). The Kier molecular flexibility index (Phi) is 8.98. The average Bonchev–Trinajstić information content (AvgIpc) is 2.65. The van der Waals surface area contributed by atoms with Gasteiger partial charge >= 0.3 is 0 Å². The highest BCUT2D eigenvalue weighted by atomic mass is 79.9. The van der Waals surface area contributed by atoms with Gasteiger partial charge in [0.25, 0.3) is 11.8 Å². The third-order valence-corrected chi connectivity index (χ3v) is 5.14. The van der Waals surface area contributed by atoms with Crippen molar-refractivity contribution in [1.82, 2.24) is 10.6 Å². The third-order valence-electron chi connectivity index (χ3n) is 3.91. The van der Waals surface area contributed by atoms with Crippen LogP contribution in [-0.4, -0.2) is 37.6 Å². The Morgan fingerprint density at radius 1 is 0.897 bits per heavy atom. The summed E-state index contributed by atoms with van der Waals surface area (Å²) in [5.41, 5.74) is 2.19. The van der Waals surface area contributed by atoms with Crippen LogP contribution in [0.5, 0.6) is 11.5 Å². The van der Waals surface area contributed by atoms with Gasteiger partial charge in [0, 0.05) is 12.6 Å². The van der Waals surface area contributed by atoms with Crippen molar-refractivity contribution in [3.63, 3.8) is 0 Å². The van der Waals surface area contributed by atoms with Crippen LogP contribution in [0.4, 0.5) is 0 Å². The molecule has 2 aromatic carbocycles. The number of amides is 2. The second-order valence-corrected chi connectivity index (χ2v) is 8.43. The van der Waals surface area contributed by atoms with Gasteiger partial charge in [-0.25, -0.2) is 0 Å². The van der Waals surface area contributed by atoms with Crippen molar-refractivity contribution >= 4 is 43.7 Å². The smallest absolute Gasteiger partial charge is 0.258 e. The fourth-order valence-corrected chi connectivity index (χ4v) is 3.63. The van der Waals surface area contributed by atoms with Gasteiger partial charge in [-0.3, -0.25) is 9.59 Å². The molecular weight excluding hydrogens is 504 g/mol. The van der Waals surface area contributed by atoms with E-state index in [-0.39, 0.29) is 37.6 Å². The Labute approximate surface area is 187 Å². The minimum atomic E-state index is -0.265. The number of carbonyl (C=O) groups is 2. The molecule has 29 heavy (non-hydrogen) atoms. The van der Waals surface area contributed by atoms with Crippen LogP contribution in [0.25, 0.3) is 0 Å². The van der Waals surface area contributed by atoms with Crippen molar-refractivity contribution in [2.24, 2.45) is 0 Å². The van der Waals surface area contributed by atoms with Crippen molar-refractivity contribution in [1.29, 1.82) is 0 Å². The van der Waals surface area contributed by atoms with Crippen molar-refractivity contribution in [3.8, 4) is 11.5 Å². The normalized spacial score (nSPS) is 11.5. The first-order valence-corrected chi connectivity index (χ1v) is 10.7. The van der Waals surface area contributed by atoms with Crippen LogP contribution >= 0.6 is 31.9 Å². The molecule has 8 heteroatoms.